The number of rotatable bonds is 2. The molecule has 92 valence electrons. The van der Waals surface area contributed by atoms with Crippen LogP contribution in [0.4, 0.5) is 0 Å². The van der Waals surface area contributed by atoms with Gasteiger partial charge in [-0.1, -0.05) is 22.2 Å². The highest BCUT2D eigenvalue weighted by molar-refractivity contribution is 7.39. The molecule has 2 fully saturated rings. The average molecular weight is 243 g/mol. The molecule has 0 aromatic carbocycles. The molecule has 0 radical (unpaired) electrons. The molecule has 2 rings (SSSR count). The third-order valence-electron chi connectivity index (χ3n) is 3.83. The third kappa shape index (κ3) is 1.94. The van der Waals surface area contributed by atoms with Gasteiger partial charge >= 0.3 is 8.10 Å². The number of nitrogens with zero attached hydrogens (tertiary/aromatic N) is 2. The summed E-state index contributed by atoms with van der Waals surface area (Å²) in [5.74, 6) is 0. The van der Waals surface area contributed by atoms with Crippen molar-refractivity contribution in [2.24, 2.45) is 0 Å². The summed E-state index contributed by atoms with van der Waals surface area (Å²) < 4.78 is 17.1. The predicted molar refractivity (Wildman–Crippen MR) is 67.6 cm³/mol. The van der Waals surface area contributed by atoms with Crippen LogP contribution in [0.1, 0.15) is 53.4 Å². The lowest BCUT2D eigenvalue weighted by Gasteiger charge is -2.28. The van der Waals surface area contributed by atoms with Crippen molar-refractivity contribution in [2.45, 2.75) is 77.5 Å². The molecule has 16 heavy (non-hydrogen) atoms. The Balaban J connectivity index is 2.26. The molecule has 0 bridgehead atoms. The fourth-order valence-electron chi connectivity index (χ4n) is 3.24. The Kier molecular flexibility index (Phi) is 3.68. The summed E-state index contributed by atoms with van der Waals surface area (Å²) >= 11 is 0. The van der Waals surface area contributed by atoms with E-state index in [0.717, 1.165) is 0 Å². The van der Waals surface area contributed by atoms with Crippen LogP contribution in [0.5, 0.6) is 0 Å². The molecule has 1 aliphatic carbocycles. The number of hydrogen-bond donors (Lipinski definition) is 0. The van der Waals surface area contributed by atoms with Gasteiger partial charge in [0.25, 0.3) is 0 Å². The minimum absolute atomic E-state index is 0.401. The van der Waals surface area contributed by atoms with E-state index in [2.05, 4.69) is 37.0 Å². The molecule has 0 amide bonds. The first-order chi connectivity index (χ1) is 7.54. The van der Waals surface area contributed by atoms with E-state index in [1.54, 1.807) is 0 Å². The Bertz CT molecular complexity index is 254. The SMILES string of the molecule is CC(C)N1[C@@H]2CCCC[C@H]2N(C(C)C)[P+]1=O. The highest BCUT2D eigenvalue weighted by atomic mass is 31.1. The summed E-state index contributed by atoms with van der Waals surface area (Å²) in [4.78, 5) is 0. The van der Waals surface area contributed by atoms with E-state index < -0.39 is 8.10 Å². The van der Waals surface area contributed by atoms with Crippen LogP contribution in [0.3, 0.4) is 0 Å². The average Bonchev–Trinajstić information content (AvgIpc) is 2.49. The molecule has 2 aliphatic rings. The molecule has 1 heterocycles. The van der Waals surface area contributed by atoms with Gasteiger partial charge in [-0.2, -0.15) is 0 Å². The lowest BCUT2D eigenvalue weighted by molar-refractivity contribution is 0.173. The monoisotopic (exact) mass is 243 g/mol. The summed E-state index contributed by atoms with van der Waals surface area (Å²) in [6, 6.07) is 1.88. The Morgan fingerprint density at radius 3 is 1.62 bits per heavy atom. The smallest absolute Gasteiger partial charge is 0.0717 e. The van der Waals surface area contributed by atoms with Gasteiger partial charge in [0, 0.05) is 0 Å². The van der Waals surface area contributed by atoms with Crippen LogP contribution in [0.2, 0.25) is 0 Å². The lowest BCUT2D eigenvalue weighted by Crippen LogP contribution is -2.43. The van der Waals surface area contributed by atoms with Crippen molar-refractivity contribution in [3.8, 4) is 0 Å². The van der Waals surface area contributed by atoms with Crippen LogP contribution in [0.15, 0.2) is 0 Å². The van der Waals surface area contributed by atoms with Crippen molar-refractivity contribution in [1.82, 2.24) is 9.34 Å². The standard InChI is InChI=1S/C12H24N2OP/c1-9(2)13-11-7-5-6-8-12(11)14(10(3)4)16(13)15/h9-12H,5-8H2,1-4H3/q+1/t11-,12-/m1/s1. The van der Waals surface area contributed by atoms with Crippen LogP contribution in [0.25, 0.3) is 0 Å². The molecule has 2 atom stereocenters. The second-order valence-corrected chi connectivity index (χ2v) is 7.05. The van der Waals surface area contributed by atoms with Crippen molar-refractivity contribution >= 4 is 8.10 Å². The molecule has 0 unspecified atom stereocenters. The van der Waals surface area contributed by atoms with E-state index in [4.69, 9.17) is 0 Å². The maximum absolute atomic E-state index is 12.6. The van der Waals surface area contributed by atoms with Gasteiger partial charge in [0.05, 0.1) is 24.2 Å². The second-order valence-electron chi connectivity index (χ2n) is 5.62. The first-order valence-electron chi connectivity index (χ1n) is 6.57. The molecule has 0 spiro atoms. The normalized spacial score (nSPS) is 32.8. The Morgan fingerprint density at radius 1 is 0.938 bits per heavy atom. The maximum Gasteiger partial charge on any atom is 0.538 e. The van der Waals surface area contributed by atoms with E-state index in [-0.39, 0.29) is 0 Å². The molecule has 4 heteroatoms. The highest BCUT2D eigenvalue weighted by Gasteiger charge is 2.59. The van der Waals surface area contributed by atoms with Gasteiger partial charge in [-0.05, 0) is 45.1 Å². The molecular formula is C12H24N2OP+. The summed E-state index contributed by atoms with van der Waals surface area (Å²) in [5, 5.41) is 0. The largest absolute Gasteiger partial charge is 0.538 e. The van der Waals surface area contributed by atoms with E-state index in [1.165, 1.54) is 25.7 Å². The van der Waals surface area contributed by atoms with Crippen LogP contribution in [-0.2, 0) is 4.57 Å². The zero-order valence-corrected chi connectivity index (χ0v) is 11.8. The Morgan fingerprint density at radius 2 is 1.31 bits per heavy atom. The van der Waals surface area contributed by atoms with Gasteiger partial charge < -0.3 is 0 Å². The van der Waals surface area contributed by atoms with Gasteiger partial charge in [-0.15, -0.1) is 0 Å². The Hall–Kier alpha value is 0.0200. The fraction of sp³-hybridized carbons (Fsp3) is 1.00. The minimum Gasteiger partial charge on any atom is -0.0717 e. The number of hydrogen-bond acceptors (Lipinski definition) is 1. The third-order valence-corrected chi connectivity index (χ3v) is 6.13. The lowest BCUT2D eigenvalue weighted by atomic mass is 9.89. The molecule has 1 saturated carbocycles. The summed E-state index contributed by atoms with van der Waals surface area (Å²) in [6.07, 6.45) is 5.07. The molecule has 1 saturated heterocycles. The van der Waals surface area contributed by atoms with Gasteiger partial charge in [0.2, 0.25) is 0 Å². The predicted octanol–water partition coefficient (Wildman–Crippen LogP) is 3.39. The molecule has 0 N–H and O–H groups in total. The van der Waals surface area contributed by atoms with Crippen LogP contribution < -0.4 is 0 Å². The van der Waals surface area contributed by atoms with E-state index >= 15 is 0 Å². The maximum atomic E-state index is 12.6. The van der Waals surface area contributed by atoms with E-state index in [1.807, 2.05) is 0 Å². The van der Waals surface area contributed by atoms with Crippen molar-refractivity contribution in [2.75, 3.05) is 0 Å². The van der Waals surface area contributed by atoms with E-state index in [0.29, 0.717) is 24.2 Å². The van der Waals surface area contributed by atoms with Crippen molar-refractivity contribution in [3.63, 3.8) is 0 Å². The topological polar surface area (TPSA) is 23.6 Å². The molecular weight excluding hydrogens is 219 g/mol. The molecule has 0 aromatic rings. The molecule has 1 aliphatic heterocycles. The summed E-state index contributed by atoms with van der Waals surface area (Å²) in [5.41, 5.74) is 0. The van der Waals surface area contributed by atoms with Gasteiger partial charge in [0.15, 0.2) is 0 Å². The van der Waals surface area contributed by atoms with Crippen LogP contribution in [-0.4, -0.2) is 33.5 Å². The number of fused-ring (bicyclic) bond motifs is 1. The molecule has 0 aromatic heterocycles. The zero-order chi connectivity index (χ0) is 11.9. The summed E-state index contributed by atoms with van der Waals surface area (Å²) in [6.45, 7) is 8.68. The highest BCUT2D eigenvalue weighted by Crippen LogP contribution is 2.51. The first-order valence-corrected chi connectivity index (χ1v) is 7.74. The van der Waals surface area contributed by atoms with Gasteiger partial charge in [0.1, 0.15) is 0 Å². The van der Waals surface area contributed by atoms with Crippen LogP contribution >= 0.6 is 8.10 Å². The van der Waals surface area contributed by atoms with Crippen molar-refractivity contribution in [1.29, 1.82) is 0 Å². The first kappa shape index (κ1) is 12.5. The zero-order valence-electron chi connectivity index (χ0n) is 10.9. The second kappa shape index (κ2) is 4.72. The quantitative estimate of drug-likeness (QED) is 0.694. The van der Waals surface area contributed by atoms with Crippen molar-refractivity contribution < 1.29 is 4.57 Å². The van der Waals surface area contributed by atoms with Crippen LogP contribution in [0, 0.1) is 0 Å². The summed E-state index contributed by atoms with van der Waals surface area (Å²) in [7, 11) is -1.30. The Labute approximate surface area is 100 Å². The van der Waals surface area contributed by atoms with Gasteiger partial charge in [-0.3, -0.25) is 0 Å². The van der Waals surface area contributed by atoms with Crippen molar-refractivity contribution in [3.05, 3.63) is 0 Å². The minimum atomic E-state index is -1.30. The van der Waals surface area contributed by atoms with Gasteiger partial charge in [-0.25, -0.2) is 0 Å². The van der Waals surface area contributed by atoms with E-state index in [9.17, 15) is 4.57 Å². The fourth-order valence-corrected chi connectivity index (χ4v) is 5.32. The molecule has 3 nitrogen and oxygen atoms in total.